The van der Waals surface area contributed by atoms with E-state index in [0.29, 0.717) is 27.0 Å². The van der Waals surface area contributed by atoms with Gasteiger partial charge >= 0.3 is 0 Å². The maximum Gasteiger partial charge on any atom is 0.234 e. The molecule has 3 rings (SSSR count). The fourth-order valence-electron chi connectivity index (χ4n) is 1.53. The Bertz CT molecular complexity index is 702. The Morgan fingerprint density at radius 2 is 2.18 bits per heavy atom. The Labute approximate surface area is 99.7 Å². The van der Waals surface area contributed by atoms with Crippen molar-refractivity contribution in [1.82, 2.24) is 19.8 Å². The molecule has 2 N–H and O–H groups in total. The summed E-state index contributed by atoms with van der Waals surface area (Å²) in [6.07, 6.45) is 0. The van der Waals surface area contributed by atoms with Gasteiger partial charge in [0.25, 0.3) is 0 Å². The molecule has 2 heterocycles. The van der Waals surface area contributed by atoms with Crippen molar-refractivity contribution >= 4 is 22.0 Å². The molecule has 86 valence electrons. The molecule has 1 aromatic carbocycles. The second-order valence-corrected chi connectivity index (χ2v) is 4.54. The monoisotopic (exact) mass is 249 g/mol. The summed E-state index contributed by atoms with van der Waals surface area (Å²) < 4.78 is 15.3. The van der Waals surface area contributed by atoms with E-state index < -0.39 is 0 Å². The van der Waals surface area contributed by atoms with Gasteiger partial charge < -0.3 is 5.73 Å². The number of hydrogen-bond acceptors (Lipinski definition) is 5. The molecule has 0 bridgehead atoms. The molecule has 17 heavy (non-hydrogen) atoms. The molecule has 0 atom stereocenters. The molecule has 0 fully saturated rings. The lowest BCUT2D eigenvalue weighted by atomic mass is 10.2. The third-order valence-corrected chi connectivity index (χ3v) is 3.30. The Balaban J connectivity index is 2.20. The maximum absolute atomic E-state index is 13.7. The second kappa shape index (κ2) is 3.49. The van der Waals surface area contributed by atoms with E-state index in [2.05, 4.69) is 15.3 Å². The zero-order valence-electron chi connectivity index (χ0n) is 8.88. The summed E-state index contributed by atoms with van der Waals surface area (Å²) in [7, 11) is 0. The molecule has 3 aromatic rings. The fourth-order valence-corrected chi connectivity index (χ4v) is 2.44. The summed E-state index contributed by atoms with van der Waals surface area (Å²) >= 11 is 1.29. The van der Waals surface area contributed by atoms with Gasteiger partial charge in [0, 0.05) is 11.3 Å². The lowest BCUT2D eigenvalue weighted by Gasteiger charge is -1.99. The van der Waals surface area contributed by atoms with Crippen LogP contribution in [-0.2, 0) is 0 Å². The fraction of sp³-hybridized carbons (Fsp3) is 0.100. The van der Waals surface area contributed by atoms with E-state index in [1.165, 1.54) is 17.4 Å². The zero-order valence-corrected chi connectivity index (χ0v) is 9.70. The number of benzene rings is 1. The molecule has 0 saturated heterocycles. The van der Waals surface area contributed by atoms with Crippen LogP contribution in [0.4, 0.5) is 10.1 Å². The van der Waals surface area contributed by atoms with Crippen LogP contribution in [0.3, 0.4) is 0 Å². The first kappa shape index (κ1) is 10.2. The van der Waals surface area contributed by atoms with Gasteiger partial charge in [-0.15, -0.1) is 10.2 Å². The van der Waals surface area contributed by atoms with E-state index in [4.69, 9.17) is 5.73 Å². The number of anilines is 1. The van der Waals surface area contributed by atoms with Crippen molar-refractivity contribution < 1.29 is 4.39 Å². The van der Waals surface area contributed by atoms with Crippen molar-refractivity contribution in [2.45, 2.75) is 6.92 Å². The van der Waals surface area contributed by atoms with Crippen LogP contribution >= 0.6 is 11.3 Å². The number of fused-ring (bicyclic) bond motifs is 1. The van der Waals surface area contributed by atoms with Gasteiger partial charge in [-0.25, -0.2) is 4.39 Å². The molecular formula is C10H8FN5S. The van der Waals surface area contributed by atoms with Gasteiger partial charge in [0.05, 0.1) is 0 Å². The highest BCUT2D eigenvalue weighted by molar-refractivity contribution is 7.19. The first-order valence-electron chi connectivity index (χ1n) is 4.89. The molecule has 0 aliphatic heterocycles. The average molecular weight is 249 g/mol. The van der Waals surface area contributed by atoms with E-state index in [0.717, 1.165) is 0 Å². The molecule has 0 amide bonds. The average Bonchev–Trinajstić information content (AvgIpc) is 2.81. The van der Waals surface area contributed by atoms with Gasteiger partial charge in [-0.05, 0) is 25.1 Å². The van der Waals surface area contributed by atoms with Crippen LogP contribution < -0.4 is 5.73 Å². The molecule has 2 aromatic heterocycles. The van der Waals surface area contributed by atoms with Crippen molar-refractivity contribution in [3.8, 4) is 10.6 Å². The first-order chi connectivity index (χ1) is 8.15. The normalized spacial score (nSPS) is 11.2. The minimum atomic E-state index is -0.382. The zero-order chi connectivity index (χ0) is 12.0. The van der Waals surface area contributed by atoms with Crippen molar-refractivity contribution in [3.05, 3.63) is 29.8 Å². The van der Waals surface area contributed by atoms with Crippen LogP contribution in [0.2, 0.25) is 0 Å². The summed E-state index contributed by atoms with van der Waals surface area (Å²) in [6.45, 7) is 1.79. The Morgan fingerprint density at radius 3 is 2.88 bits per heavy atom. The summed E-state index contributed by atoms with van der Waals surface area (Å²) in [4.78, 5) is 0.647. The third-order valence-electron chi connectivity index (χ3n) is 2.37. The van der Waals surface area contributed by atoms with Crippen molar-refractivity contribution in [2.24, 2.45) is 0 Å². The van der Waals surface area contributed by atoms with Gasteiger partial charge in [0.15, 0.2) is 10.8 Å². The molecule has 0 saturated carbocycles. The van der Waals surface area contributed by atoms with Crippen LogP contribution in [0.1, 0.15) is 5.82 Å². The Morgan fingerprint density at radius 1 is 1.35 bits per heavy atom. The standard InChI is InChI=1S/C10H8FN5S/c1-5-13-14-10-16(5)15-9(17-10)7-3-2-6(12)4-8(7)11/h2-4H,12H2,1H3. The van der Waals surface area contributed by atoms with E-state index in [1.54, 1.807) is 23.6 Å². The van der Waals surface area contributed by atoms with Gasteiger partial charge in [-0.3, -0.25) is 0 Å². The highest BCUT2D eigenvalue weighted by atomic mass is 32.1. The number of aromatic nitrogens is 4. The summed E-state index contributed by atoms with van der Waals surface area (Å²) in [5.74, 6) is 0.297. The third kappa shape index (κ3) is 1.55. The molecule has 0 spiro atoms. The van der Waals surface area contributed by atoms with Crippen LogP contribution in [0.5, 0.6) is 0 Å². The summed E-state index contributed by atoms with van der Waals surface area (Å²) in [6, 6.07) is 4.55. The number of nitrogen functional groups attached to an aromatic ring is 1. The molecule has 0 aliphatic carbocycles. The largest absolute Gasteiger partial charge is 0.399 e. The SMILES string of the molecule is Cc1nnc2sc(-c3ccc(N)cc3F)nn12. The van der Waals surface area contributed by atoms with Crippen LogP contribution in [0.15, 0.2) is 18.2 Å². The highest BCUT2D eigenvalue weighted by Crippen LogP contribution is 2.28. The Kier molecular flexibility index (Phi) is 2.08. The summed E-state index contributed by atoms with van der Waals surface area (Å²) in [5, 5.41) is 12.6. The van der Waals surface area contributed by atoms with E-state index in [9.17, 15) is 4.39 Å². The minimum absolute atomic E-state index is 0.382. The molecule has 7 heteroatoms. The first-order valence-corrected chi connectivity index (χ1v) is 5.71. The lowest BCUT2D eigenvalue weighted by molar-refractivity contribution is 0.631. The van der Waals surface area contributed by atoms with Crippen LogP contribution in [-0.4, -0.2) is 19.8 Å². The van der Waals surface area contributed by atoms with Crippen LogP contribution in [0, 0.1) is 12.7 Å². The molecule has 0 aliphatic rings. The van der Waals surface area contributed by atoms with E-state index in [1.807, 2.05) is 0 Å². The van der Waals surface area contributed by atoms with Gasteiger partial charge in [0.2, 0.25) is 4.96 Å². The smallest absolute Gasteiger partial charge is 0.234 e. The van der Waals surface area contributed by atoms with Gasteiger partial charge in [-0.1, -0.05) is 11.3 Å². The lowest BCUT2D eigenvalue weighted by Crippen LogP contribution is -1.91. The number of halogens is 1. The van der Waals surface area contributed by atoms with E-state index in [-0.39, 0.29) is 5.82 Å². The van der Waals surface area contributed by atoms with Gasteiger partial charge in [-0.2, -0.15) is 9.61 Å². The quantitative estimate of drug-likeness (QED) is 0.668. The number of nitrogens with zero attached hydrogens (tertiary/aromatic N) is 4. The maximum atomic E-state index is 13.7. The predicted octanol–water partition coefficient (Wildman–Crippen LogP) is 1.88. The van der Waals surface area contributed by atoms with E-state index >= 15 is 0 Å². The topological polar surface area (TPSA) is 69.1 Å². The predicted molar refractivity (Wildman–Crippen MR) is 63.2 cm³/mol. The number of nitrogens with two attached hydrogens (primary N) is 1. The molecule has 5 nitrogen and oxygen atoms in total. The van der Waals surface area contributed by atoms with Crippen molar-refractivity contribution in [3.63, 3.8) is 0 Å². The van der Waals surface area contributed by atoms with Crippen molar-refractivity contribution in [2.75, 3.05) is 5.73 Å². The molecule has 0 unspecified atom stereocenters. The van der Waals surface area contributed by atoms with Crippen molar-refractivity contribution in [1.29, 1.82) is 0 Å². The molecule has 0 radical (unpaired) electrons. The minimum Gasteiger partial charge on any atom is -0.399 e. The number of rotatable bonds is 1. The Hall–Kier alpha value is -2.02. The number of aryl methyl sites for hydroxylation is 1. The van der Waals surface area contributed by atoms with Crippen LogP contribution in [0.25, 0.3) is 15.5 Å². The van der Waals surface area contributed by atoms with Gasteiger partial charge in [0.1, 0.15) is 5.82 Å². The second-order valence-electron chi connectivity index (χ2n) is 3.59. The molecular weight excluding hydrogens is 241 g/mol. The summed E-state index contributed by atoms with van der Waals surface area (Å²) in [5.41, 5.74) is 6.32. The number of hydrogen-bond donors (Lipinski definition) is 1. The highest BCUT2D eigenvalue weighted by Gasteiger charge is 2.13.